The van der Waals surface area contributed by atoms with E-state index in [1.807, 2.05) is 51.1 Å². The molecule has 1 aliphatic rings. The normalized spacial score (nSPS) is 26.5. The standard InChI is InChI=1S/C31H50O6Si/c1-11-26-28(33-23-25-18-16-15-17-19-25)27(37-38(9,10)29(6,7)8)24(5)22-30(26,32)20-21-31(34-12-2,35-13-3)36-14-4/h11,15-19,24,26-28,32H,1,12-14,22-23H2,2-10H3/t24-,26+,27-,28-,30-/m1/s1. The SMILES string of the molecule is C=C[C@H]1[C@@H](OCc2ccccc2)[C@H](O[Si](C)(C)C(C)(C)C)[C@H](C)C[C@]1(O)C#CC(OCC)(OCC)OCC. The van der Waals surface area contributed by atoms with Crippen LogP contribution >= 0.6 is 0 Å². The summed E-state index contributed by atoms with van der Waals surface area (Å²) in [5.41, 5.74) is -0.385. The summed E-state index contributed by atoms with van der Waals surface area (Å²) in [5, 5.41) is 12.1. The molecule has 7 heteroatoms. The molecule has 1 fully saturated rings. The molecule has 1 N–H and O–H groups in total. The Labute approximate surface area is 232 Å². The van der Waals surface area contributed by atoms with Gasteiger partial charge in [-0.1, -0.05) is 70.0 Å². The molecule has 0 aromatic heterocycles. The van der Waals surface area contributed by atoms with Crippen LogP contribution in [0.1, 0.15) is 60.5 Å². The Balaban J connectivity index is 2.53. The number of benzene rings is 1. The number of rotatable bonds is 12. The highest BCUT2D eigenvalue weighted by molar-refractivity contribution is 6.74. The Morgan fingerprint density at radius 2 is 1.58 bits per heavy atom. The molecule has 1 aromatic carbocycles. The topological polar surface area (TPSA) is 66.4 Å². The lowest BCUT2D eigenvalue weighted by Crippen LogP contribution is -2.60. The number of hydrogen-bond acceptors (Lipinski definition) is 6. The third kappa shape index (κ3) is 8.01. The highest BCUT2D eigenvalue weighted by atomic mass is 28.4. The first-order valence-corrected chi connectivity index (χ1v) is 16.8. The largest absolute Gasteiger partial charge is 0.411 e. The van der Waals surface area contributed by atoms with Gasteiger partial charge in [0.1, 0.15) is 5.60 Å². The van der Waals surface area contributed by atoms with Crippen molar-refractivity contribution in [2.24, 2.45) is 11.8 Å². The summed E-state index contributed by atoms with van der Waals surface area (Å²) in [6.07, 6.45) is 1.47. The molecule has 0 aliphatic heterocycles. The molecule has 1 saturated carbocycles. The van der Waals surface area contributed by atoms with Crippen LogP contribution in [0.25, 0.3) is 0 Å². The molecule has 0 bridgehead atoms. The fourth-order valence-electron chi connectivity index (χ4n) is 4.66. The predicted octanol–water partition coefficient (Wildman–Crippen LogP) is 6.30. The van der Waals surface area contributed by atoms with Crippen molar-refractivity contribution in [2.45, 2.75) is 103 Å². The highest BCUT2D eigenvalue weighted by Gasteiger charge is 2.53. The second kappa shape index (κ2) is 13.7. The molecule has 0 radical (unpaired) electrons. The van der Waals surface area contributed by atoms with E-state index in [0.717, 1.165) is 5.56 Å². The van der Waals surface area contributed by atoms with Crippen LogP contribution in [-0.4, -0.2) is 57.0 Å². The molecule has 0 amide bonds. The lowest BCUT2D eigenvalue weighted by Gasteiger charge is -2.51. The van der Waals surface area contributed by atoms with Crippen molar-refractivity contribution in [3.8, 4) is 11.8 Å². The predicted molar refractivity (Wildman–Crippen MR) is 155 cm³/mol. The maximum absolute atomic E-state index is 12.1. The van der Waals surface area contributed by atoms with Crippen LogP contribution in [0.15, 0.2) is 43.0 Å². The zero-order valence-corrected chi connectivity index (χ0v) is 26.0. The van der Waals surface area contributed by atoms with Crippen molar-refractivity contribution in [1.29, 1.82) is 0 Å². The van der Waals surface area contributed by atoms with E-state index < -0.39 is 31.9 Å². The first kappa shape index (κ1) is 32.7. The Morgan fingerprint density at radius 3 is 2.05 bits per heavy atom. The second-order valence-corrected chi connectivity index (χ2v) is 16.3. The minimum Gasteiger partial charge on any atom is -0.411 e. The van der Waals surface area contributed by atoms with Gasteiger partial charge in [-0.25, -0.2) is 0 Å². The monoisotopic (exact) mass is 546 g/mol. The van der Waals surface area contributed by atoms with Crippen molar-refractivity contribution in [2.75, 3.05) is 19.8 Å². The molecule has 5 atom stereocenters. The van der Waals surface area contributed by atoms with Crippen LogP contribution in [-0.2, 0) is 30.0 Å². The van der Waals surface area contributed by atoms with Crippen LogP contribution in [0.5, 0.6) is 0 Å². The lowest BCUT2D eigenvalue weighted by atomic mass is 9.68. The average molecular weight is 547 g/mol. The van der Waals surface area contributed by atoms with Gasteiger partial charge in [-0.2, -0.15) is 0 Å². The van der Waals surface area contributed by atoms with E-state index in [9.17, 15) is 5.11 Å². The lowest BCUT2D eigenvalue weighted by molar-refractivity contribution is -0.339. The van der Waals surface area contributed by atoms with E-state index in [-0.39, 0.29) is 17.1 Å². The van der Waals surface area contributed by atoms with E-state index in [0.29, 0.717) is 32.8 Å². The third-order valence-electron chi connectivity index (χ3n) is 7.63. The van der Waals surface area contributed by atoms with Gasteiger partial charge in [0.2, 0.25) is 0 Å². The van der Waals surface area contributed by atoms with Crippen molar-refractivity contribution >= 4 is 8.32 Å². The van der Waals surface area contributed by atoms with Crippen LogP contribution in [0.3, 0.4) is 0 Å². The van der Waals surface area contributed by atoms with Crippen molar-refractivity contribution in [1.82, 2.24) is 0 Å². The van der Waals surface area contributed by atoms with Gasteiger partial charge >= 0.3 is 5.97 Å². The summed E-state index contributed by atoms with van der Waals surface area (Å²) in [5.74, 6) is 4.03. The van der Waals surface area contributed by atoms with E-state index in [1.165, 1.54) is 0 Å². The zero-order valence-electron chi connectivity index (χ0n) is 25.0. The van der Waals surface area contributed by atoms with E-state index in [1.54, 1.807) is 6.08 Å². The molecule has 1 aromatic rings. The zero-order chi connectivity index (χ0) is 28.6. The van der Waals surface area contributed by atoms with Crippen LogP contribution in [0.4, 0.5) is 0 Å². The fourth-order valence-corrected chi connectivity index (χ4v) is 6.06. The third-order valence-corrected chi connectivity index (χ3v) is 12.1. The Bertz CT molecular complexity index is 914. The quantitative estimate of drug-likeness (QED) is 0.144. The first-order valence-electron chi connectivity index (χ1n) is 13.9. The summed E-state index contributed by atoms with van der Waals surface area (Å²) >= 11 is 0. The molecule has 0 spiro atoms. The fraction of sp³-hybridized carbons (Fsp3) is 0.677. The average Bonchev–Trinajstić information content (AvgIpc) is 2.84. The van der Waals surface area contributed by atoms with E-state index in [4.69, 9.17) is 23.4 Å². The summed E-state index contributed by atoms with van der Waals surface area (Å²) in [7, 11) is -2.15. The van der Waals surface area contributed by atoms with E-state index >= 15 is 0 Å². The number of aliphatic hydroxyl groups is 1. The molecule has 0 saturated heterocycles. The summed E-state index contributed by atoms with van der Waals surface area (Å²) < 4.78 is 30.9. The molecule has 0 unspecified atom stereocenters. The Kier molecular flexibility index (Phi) is 11.8. The van der Waals surface area contributed by atoms with Gasteiger partial charge in [0.15, 0.2) is 8.32 Å². The first-order chi connectivity index (χ1) is 17.8. The van der Waals surface area contributed by atoms with Gasteiger partial charge < -0.3 is 28.5 Å². The number of ether oxygens (including phenoxy) is 4. The second-order valence-electron chi connectivity index (χ2n) is 11.6. The molecular weight excluding hydrogens is 496 g/mol. The van der Waals surface area contributed by atoms with Crippen LogP contribution in [0.2, 0.25) is 18.1 Å². The Morgan fingerprint density at radius 1 is 1.03 bits per heavy atom. The van der Waals surface area contributed by atoms with Gasteiger partial charge in [0.25, 0.3) is 0 Å². The number of hydrogen-bond donors (Lipinski definition) is 1. The highest BCUT2D eigenvalue weighted by Crippen LogP contribution is 2.45. The molecule has 2 rings (SSSR count). The van der Waals surface area contributed by atoms with Gasteiger partial charge in [-0.05, 0) is 62.7 Å². The summed E-state index contributed by atoms with van der Waals surface area (Å²) in [4.78, 5) is 0. The molecule has 38 heavy (non-hydrogen) atoms. The minimum atomic E-state index is -2.15. The molecule has 0 heterocycles. The van der Waals surface area contributed by atoms with Crippen LogP contribution in [0, 0.1) is 23.7 Å². The summed E-state index contributed by atoms with van der Waals surface area (Å²) in [6, 6.07) is 10.0. The maximum atomic E-state index is 12.1. The molecule has 1 aliphatic carbocycles. The van der Waals surface area contributed by atoms with E-state index in [2.05, 4.69) is 59.2 Å². The smallest absolute Gasteiger partial charge is 0.353 e. The van der Waals surface area contributed by atoms with Gasteiger partial charge in [-0.15, -0.1) is 6.58 Å². The van der Waals surface area contributed by atoms with Crippen molar-refractivity contribution < 1.29 is 28.5 Å². The molecule has 214 valence electrons. The summed E-state index contributed by atoms with van der Waals surface area (Å²) in [6.45, 7) is 24.4. The van der Waals surface area contributed by atoms with Gasteiger partial charge in [0.05, 0.1) is 38.6 Å². The van der Waals surface area contributed by atoms with Gasteiger partial charge in [0, 0.05) is 5.92 Å². The Hall–Kier alpha value is -1.50. The van der Waals surface area contributed by atoms with Crippen LogP contribution < -0.4 is 0 Å². The van der Waals surface area contributed by atoms with Gasteiger partial charge in [-0.3, -0.25) is 0 Å². The molecular formula is C31H50O6Si. The molecule has 6 nitrogen and oxygen atoms in total. The van der Waals surface area contributed by atoms with Crippen molar-refractivity contribution in [3.63, 3.8) is 0 Å². The minimum absolute atomic E-state index is 0.0268. The van der Waals surface area contributed by atoms with Crippen molar-refractivity contribution in [3.05, 3.63) is 48.6 Å². The maximum Gasteiger partial charge on any atom is 0.353 e.